The van der Waals surface area contributed by atoms with Crippen molar-refractivity contribution in [2.45, 2.75) is 25.2 Å². The third-order valence-electron chi connectivity index (χ3n) is 4.78. The van der Waals surface area contributed by atoms with Crippen LogP contribution in [0.2, 0.25) is 0 Å². The van der Waals surface area contributed by atoms with Crippen molar-refractivity contribution in [3.05, 3.63) is 30.1 Å². The van der Waals surface area contributed by atoms with Gasteiger partial charge in [0.15, 0.2) is 0 Å². The molecule has 1 N–H and O–H groups in total. The van der Waals surface area contributed by atoms with E-state index in [9.17, 15) is 13.2 Å². The number of para-hydroxylation sites is 2. The summed E-state index contributed by atoms with van der Waals surface area (Å²) in [5.74, 6) is 1.11. The van der Waals surface area contributed by atoms with E-state index in [1.54, 1.807) is 0 Å². The summed E-state index contributed by atoms with van der Waals surface area (Å²) in [6.07, 6.45) is 3.27. The predicted molar refractivity (Wildman–Crippen MR) is 96.7 cm³/mol. The maximum Gasteiger partial charge on any atom is 0.223 e. The number of piperidine rings is 1. The van der Waals surface area contributed by atoms with Crippen LogP contribution in [-0.2, 0) is 14.8 Å². The van der Waals surface area contributed by atoms with Gasteiger partial charge in [0.05, 0.1) is 17.3 Å². The molecule has 0 saturated carbocycles. The lowest BCUT2D eigenvalue weighted by Crippen LogP contribution is -2.41. The Labute approximate surface area is 148 Å². The molecule has 0 radical (unpaired) electrons. The summed E-state index contributed by atoms with van der Waals surface area (Å²) in [4.78, 5) is 22.3. The Hall–Kier alpha value is -1.93. The number of fused-ring (bicyclic) bond motifs is 1. The second-order valence-electron chi connectivity index (χ2n) is 6.65. The molecule has 25 heavy (non-hydrogen) atoms. The lowest BCUT2D eigenvalue weighted by atomic mass is 9.97. The van der Waals surface area contributed by atoms with Crippen molar-refractivity contribution in [1.82, 2.24) is 19.2 Å². The van der Waals surface area contributed by atoms with Crippen LogP contribution in [0.15, 0.2) is 24.3 Å². The third kappa shape index (κ3) is 4.19. The van der Waals surface area contributed by atoms with Crippen LogP contribution < -0.4 is 0 Å². The first-order chi connectivity index (χ1) is 11.8. The Morgan fingerprint density at radius 3 is 2.88 bits per heavy atom. The minimum atomic E-state index is -3.25. The van der Waals surface area contributed by atoms with Crippen molar-refractivity contribution in [3.8, 4) is 0 Å². The Balaban J connectivity index is 1.63. The Morgan fingerprint density at radius 1 is 1.40 bits per heavy atom. The van der Waals surface area contributed by atoms with Crippen LogP contribution in [0, 0.1) is 0 Å². The van der Waals surface area contributed by atoms with Gasteiger partial charge in [0, 0.05) is 39.0 Å². The van der Waals surface area contributed by atoms with Crippen molar-refractivity contribution in [2.75, 3.05) is 32.9 Å². The third-order valence-corrected chi connectivity index (χ3v) is 6.09. The van der Waals surface area contributed by atoms with E-state index >= 15 is 0 Å². The first-order valence-corrected chi connectivity index (χ1v) is 10.3. The number of aromatic nitrogens is 2. The summed E-state index contributed by atoms with van der Waals surface area (Å²) in [6, 6.07) is 7.90. The molecule has 1 unspecified atom stereocenters. The number of hydrogen-bond acceptors (Lipinski definition) is 4. The number of carbonyl (C=O) groups is 1. The summed E-state index contributed by atoms with van der Waals surface area (Å²) >= 11 is 0. The van der Waals surface area contributed by atoms with E-state index in [4.69, 9.17) is 0 Å². The molecule has 1 aromatic heterocycles. The average Bonchev–Trinajstić information content (AvgIpc) is 3.02. The monoisotopic (exact) mass is 364 g/mol. The number of rotatable bonds is 5. The number of amides is 1. The number of benzene rings is 1. The molecule has 136 valence electrons. The Morgan fingerprint density at radius 2 is 2.16 bits per heavy atom. The Kier molecular flexibility index (Phi) is 5.10. The summed E-state index contributed by atoms with van der Waals surface area (Å²) in [7, 11) is -1.75. The molecule has 2 aromatic rings. The summed E-state index contributed by atoms with van der Waals surface area (Å²) < 4.78 is 24.1. The number of carbonyl (C=O) groups excluding carboxylic acids is 1. The van der Waals surface area contributed by atoms with Gasteiger partial charge in [-0.3, -0.25) is 4.79 Å². The highest BCUT2D eigenvalue weighted by atomic mass is 32.2. The molecule has 7 nitrogen and oxygen atoms in total. The number of nitrogens with one attached hydrogen (secondary N) is 1. The minimum Gasteiger partial charge on any atom is -0.342 e. The van der Waals surface area contributed by atoms with Gasteiger partial charge in [-0.2, -0.15) is 0 Å². The van der Waals surface area contributed by atoms with E-state index < -0.39 is 10.0 Å². The standard InChI is InChI=1S/C17H24N4O3S/c1-20(25(2,23)24)11-9-16(22)21-10-5-6-13(12-21)17-18-14-7-3-4-8-15(14)19-17/h3-4,7-8,13H,5-6,9-12H2,1-2H3,(H,18,19). The van der Waals surface area contributed by atoms with E-state index in [0.29, 0.717) is 6.54 Å². The summed E-state index contributed by atoms with van der Waals surface area (Å²) in [5, 5.41) is 0. The molecule has 3 rings (SSSR count). The van der Waals surface area contributed by atoms with Crippen LogP contribution >= 0.6 is 0 Å². The van der Waals surface area contributed by atoms with Gasteiger partial charge in [0.25, 0.3) is 0 Å². The number of nitrogens with zero attached hydrogens (tertiary/aromatic N) is 3. The topological polar surface area (TPSA) is 86.4 Å². The van der Waals surface area contributed by atoms with E-state index in [1.807, 2.05) is 29.2 Å². The largest absolute Gasteiger partial charge is 0.342 e. The average molecular weight is 364 g/mol. The molecule has 1 aliphatic rings. The fraction of sp³-hybridized carbons (Fsp3) is 0.529. The van der Waals surface area contributed by atoms with Crippen LogP contribution in [0.5, 0.6) is 0 Å². The van der Waals surface area contributed by atoms with Crippen LogP contribution in [0.4, 0.5) is 0 Å². The van der Waals surface area contributed by atoms with Gasteiger partial charge < -0.3 is 9.88 Å². The second kappa shape index (κ2) is 7.13. The van der Waals surface area contributed by atoms with Gasteiger partial charge in [-0.05, 0) is 25.0 Å². The van der Waals surface area contributed by atoms with Gasteiger partial charge in [0.2, 0.25) is 15.9 Å². The minimum absolute atomic E-state index is 0.00342. The maximum atomic E-state index is 12.5. The molecule has 1 amide bonds. The fourth-order valence-corrected chi connectivity index (χ4v) is 3.59. The van der Waals surface area contributed by atoms with E-state index in [2.05, 4.69) is 9.97 Å². The van der Waals surface area contributed by atoms with Crippen LogP contribution in [0.1, 0.15) is 31.0 Å². The van der Waals surface area contributed by atoms with Crippen molar-refractivity contribution in [1.29, 1.82) is 0 Å². The van der Waals surface area contributed by atoms with Gasteiger partial charge in [-0.1, -0.05) is 12.1 Å². The second-order valence-corrected chi connectivity index (χ2v) is 8.74. The number of imidazole rings is 1. The highest BCUT2D eigenvalue weighted by molar-refractivity contribution is 7.88. The van der Waals surface area contributed by atoms with Gasteiger partial charge >= 0.3 is 0 Å². The zero-order valence-corrected chi connectivity index (χ0v) is 15.4. The first-order valence-electron chi connectivity index (χ1n) is 8.48. The molecule has 2 heterocycles. The van der Waals surface area contributed by atoms with Crippen molar-refractivity contribution in [3.63, 3.8) is 0 Å². The van der Waals surface area contributed by atoms with Crippen LogP contribution in [-0.4, -0.2) is 66.4 Å². The van der Waals surface area contributed by atoms with Gasteiger partial charge in [-0.25, -0.2) is 17.7 Å². The molecule has 0 aliphatic carbocycles. The smallest absolute Gasteiger partial charge is 0.223 e. The molecular formula is C17H24N4O3S. The number of aromatic amines is 1. The van der Waals surface area contributed by atoms with Crippen molar-refractivity contribution >= 4 is 27.0 Å². The molecule has 0 bridgehead atoms. The molecule has 1 atom stereocenters. The van der Waals surface area contributed by atoms with E-state index in [-0.39, 0.29) is 24.8 Å². The summed E-state index contributed by atoms with van der Waals surface area (Å²) in [6.45, 7) is 1.56. The van der Waals surface area contributed by atoms with Crippen molar-refractivity contribution < 1.29 is 13.2 Å². The molecule has 1 saturated heterocycles. The van der Waals surface area contributed by atoms with E-state index in [1.165, 1.54) is 11.4 Å². The molecular weight excluding hydrogens is 340 g/mol. The zero-order valence-electron chi connectivity index (χ0n) is 14.6. The molecule has 0 spiro atoms. The van der Waals surface area contributed by atoms with Gasteiger partial charge in [0.1, 0.15) is 5.82 Å². The number of H-pyrrole nitrogens is 1. The van der Waals surface area contributed by atoms with Crippen LogP contribution in [0.25, 0.3) is 11.0 Å². The normalized spacial score (nSPS) is 18.8. The molecule has 8 heteroatoms. The first kappa shape index (κ1) is 17.9. The molecule has 1 aliphatic heterocycles. The highest BCUT2D eigenvalue weighted by Gasteiger charge is 2.27. The number of likely N-dealkylation sites (tertiary alicyclic amines) is 1. The maximum absolute atomic E-state index is 12.5. The molecule has 1 aromatic carbocycles. The summed E-state index contributed by atoms with van der Waals surface area (Å²) in [5.41, 5.74) is 1.95. The van der Waals surface area contributed by atoms with Crippen LogP contribution in [0.3, 0.4) is 0 Å². The Bertz CT molecular complexity index is 829. The SMILES string of the molecule is CN(CCC(=O)N1CCCC(c2nc3ccccc3[nH]2)C1)S(C)(=O)=O. The van der Waals surface area contributed by atoms with E-state index in [0.717, 1.165) is 42.5 Å². The lowest BCUT2D eigenvalue weighted by molar-refractivity contribution is -0.132. The predicted octanol–water partition coefficient (Wildman–Crippen LogP) is 1.55. The van der Waals surface area contributed by atoms with Gasteiger partial charge in [-0.15, -0.1) is 0 Å². The molecule has 1 fully saturated rings. The highest BCUT2D eigenvalue weighted by Crippen LogP contribution is 2.27. The quantitative estimate of drug-likeness (QED) is 0.872. The zero-order chi connectivity index (χ0) is 18.0. The fourth-order valence-electron chi connectivity index (χ4n) is 3.17. The number of sulfonamides is 1. The van der Waals surface area contributed by atoms with Crippen molar-refractivity contribution in [2.24, 2.45) is 0 Å². The number of hydrogen-bond donors (Lipinski definition) is 1. The lowest BCUT2D eigenvalue weighted by Gasteiger charge is -2.32.